The largest absolute Gasteiger partial charge is 0.381 e. The summed E-state index contributed by atoms with van der Waals surface area (Å²) in [7, 11) is 0. The number of aromatic nitrogens is 2. The van der Waals surface area contributed by atoms with E-state index in [4.69, 9.17) is 4.74 Å². The third-order valence-electron chi connectivity index (χ3n) is 3.34. The van der Waals surface area contributed by atoms with E-state index in [9.17, 15) is 0 Å². The highest BCUT2D eigenvalue weighted by atomic mass is 32.2. The minimum absolute atomic E-state index is 0.498. The van der Waals surface area contributed by atoms with E-state index in [1.54, 1.807) is 11.8 Å². The molecule has 0 saturated carbocycles. The van der Waals surface area contributed by atoms with Crippen molar-refractivity contribution in [2.75, 3.05) is 25.5 Å². The minimum atomic E-state index is 0.498. The second-order valence-electron chi connectivity index (χ2n) is 5.04. The van der Waals surface area contributed by atoms with Gasteiger partial charge in [0, 0.05) is 36.7 Å². The van der Waals surface area contributed by atoms with Crippen molar-refractivity contribution in [2.24, 2.45) is 5.92 Å². The number of nitrogens with zero attached hydrogens (tertiary/aromatic N) is 2. The Balaban J connectivity index is 1.86. The number of thioether (sulfide) groups is 1. The van der Waals surface area contributed by atoms with E-state index >= 15 is 0 Å². The minimum Gasteiger partial charge on any atom is -0.381 e. The van der Waals surface area contributed by atoms with E-state index in [1.807, 2.05) is 19.3 Å². The Hall–Kier alpha value is -0.650. The summed E-state index contributed by atoms with van der Waals surface area (Å²) in [5.74, 6) is 1.64. The monoisotopic (exact) mass is 281 g/mol. The van der Waals surface area contributed by atoms with Crippen LogP contribution in [0.1, 0.15) is 25.3 Å². The van der Waals surface area contributed by atoms with Crippen molar-refractivity contribution in [2.45, 2.75) is 37.9 Å². The molecule has 1 aromatic heterocycles. The number of hydrogen-bond donors (Lipinski definition) is 1. The maximum Gasteiger partial charge on any atom is 0.187 e. The van der Waals surface area contributed by atoms with Gasteiger partial charge in [0.15, 0.2) is 5.16 Å². The number of hydrogen-bond acceptors (Lipinski definition) is 5. The van der Waals surface area contributed by atoms with Gasteiger partial charge in [0.2, 0.25) is 0 Å². The van der Waals surface area contributed by atoms with E-state index in [0.29, 0.717) is 12.0 Å². The van der Waals surface area contributed by atoms with Crippen molar-refractivity contribution in [3.8, 4) is 0 Å². The number of rotatable bonds is 7. The number of ether oxygens (including phenoxy) is 1. The molecule has 1 aliphatic heterocycles. The summed E-state index contributed by atoms with van der Waals surface area (Å²) in [5, 5.41) is 4.50. The van der Waals surface area contributed by atoms with Crippen LogP contribution in [-0.2, 0) is 4.74 Å². The third-order valence-corrected chi connectivity index (χ3v) is 4.33. The third kappa shape index (κ3) is 4.75. The smallest absolute Gasteiger partial charge is 0.187 e. The van der Waals surface area contributed by atoms with Gasteiger partial charge in [-0.25, -0.2) is 9.97 Å². The molecule has 19 heavy (non-hydrogen) atoms. The van der Waals surface area contributed by atoms with Crippen LogP contribution in [0.25, 0.3) is 0 Å². The molecule has 0 aromatic carbocycles. The zero-order valence-corrected chi connectivity index (χ0v) is 12.6. The zero-order chi connectivity index (χ0) is 13.5. The summed E-state index contributed by atoms with van der Waals surface area (Å²) in [6.45, 7) is 7.06. The predicted octanol–water partition coefficient (Wildman–Crippen LogP) is 2.28. The molecular weight excluding hydrogens is 258 g/mol. The maximum absolute atomic E-state index is 5.51. The molecular formula is C14H23N3OS. The first-order chi connectivity index (χ1) is 9.29. The van der Waals surface area contributed by atoms with E-state index in [2.05, 4.69) is 22.2 Å². The Morgan fingerprint density at radius 2 is 2.26 bits per heavy atom. The Kier molecular flexibility index (Phi) is 6.07. The molecule has 4 nitrogen and oxygen atoms in total. The van der Waals surface area contributed by atoms with Gasteiger partial charge < -0.3 is 10.1 Å². The van der Waals surface area contributed by atoms with Crippen molar-refractivity contribution < 1.29 is 4.74 Å². The molecule has 1 aliphatic rings. The molecule has 1 aromatic rings. The van der Waals surface area contributed by atoms with E-state index in [-0.39, 0.29) is 0 Å². The van der Waals surface area contributed by atoms with Crippen LogP contribution in [0.2, 0.25) is 0 Å². The molecule has 2 atom stereocenters. The second-order valence-corrected chi connectivity index (χ2v) is 6.03. The molecule has 0 aliphatic carbocycles. The maximum atomic E-state index is 5.51. The predicted molar refractivity (Wildman–Crippen MR) is 78.5 cm³/mol. The molecule has 5 heteroatoms. The molecule has 106 valence electrons. The lowest BCUT2D eigenvalue weighted by Crippen LogP contribution is -2.39. The Morgan fingerprint density at radius 3 is 2.89 bits per heavy atom. The summed E-state index contributed by atoms with van der Waals surface area (Å²) in [5.41, 5.74) is 1.11. The number of aryl methyl sites for hydroxylation is 1. The van der Waals surface area contributed by atoms with Gasteiger partial charge in [-0.15, -0.1) is 0 Å². The molecule has 0 bridgehead atoms. The topological polar surface area (TPSA) is 47.0 Å². The van der Waals surface area contributed by atoms with Crippen molar-refractivity contribution in [3.05, 3.63) is 18.0 Å². The first-order valence-corrected chi connectivity index (χ1v) is 8.00. The van der Waals surface area contributed by atoms with Crippen LogP contribution in [0.4, 0.5) is 0 Å². The number of nitrogens with one attached hydrogen (secondary N) is 1. The summed E-state index contributed by atoms with van der Waals surface area (Å²) in [4.78, 5) is 8.70. The van der Waals surface area contributed by atoms with E-state index < -0.39 is 0 Å². The van der Waals surface area contributed by atoms with Gasteiger partial charge in [-0.1, -0.05) is 18.7 Å². The molecule has 2 heterocycles. The van der Waals surface area contributed by atoms with E-state index in [0.717, 1.165) is 49.1 Å². The summed E-state index contributed by atoms with van der Waals surface area (Å²) >= 11 is 1.73. The lowest BCUT2D eigenvalue weighted by atomic mass is 10.0. The van der Waals surface area contributed by atoms with Gasteiger partial charge in [-0.05, 0) is 31.9 Å². The highest BCUT2D eigenvalue weighted by Gasteiger charge is 2.25. The average molecular weight is 281 g/mol. The van der Waals surface area contributed by atoms with Gasteiger partial charge in [0.1, 0.15) is 0 Å². The fourth-order valence-electron chi connectivity index (χ4n) is 2.18. The Bertz CT molecular complexity index is 365. The molecule has 0 spiro atoms. The molecule has 0 amide bonds. The summed E-state index contributed by atoms with van der Waals surface area (Å²) < 4.78 is 5.51. The molecule has 1 saturated heterocycles. The van der Waals surface area contributed by atoms with Crippen molar-refractivity contribution in [3.63, 3.8) is 0 Å². The summed E-state index contributed by atoms with van der Waals surface area (Å²) in [6, 6.07) is 0.498. The zero-order valence-electron chi connectivity index (χ0n) is 11.8. The summed E-state index contributed by atoms with van der Waals surface area (Å²) in [6.07, 6.45) is 6.08. The average Bonchev–Trinajstić information content (AvgIpc) is 2.95. The van der Waals surface area contributed by atoms with Gasteiger partial charge in [-0.3, -0.25) is 0 Å². The Morgan fingerprint density at radius 1 is 1.47 bits per heavy atom. The van der Waals surface area contributed by atoms with Crippen LogP contribution >= 0.6 is 11.8 Å². The van der Waals surface area contributed by atoms with Crippen LogP contribution in [0.15, 0.2) is 17.6 Å². The van der Waals surface area contributed by atoms with Gasteiger partial charge in [0.25, 0.3) is 0 Å². The molecule has 1 fully saturated rings. The van der Waals surface area contributed by atoms with Gasteiger partial charge >= 0.3 is 0 Å². The lowest BCUT2D eigenvalue weighted by Gasteiger charge is -2.23. The highest BCUT2D eigenvalue weighted by molar-refractivity contribution is 7.99. The van der Waals surface area contributed by atoms with Gasteiger partial charge in [0.05, 0.1) is 6.61 Å². The van der Waals surface area contributed by atoms with Crippen molar-refractivity contribution in [1.82, 2.24) is 15.3 Å². The molecule has 2 rings (SSSR count). The molecule has 2 unspecified atom stereocenters. The molecule has 0 radical (unpaired) electrons. The highest BCUT2D eigenvalue weighted by Crippen LogP contribution is 2.22. The SMILES string of the molecule is CCCNC(CSc1ncc(C)cn1)C1CCOC1. The van der Waals surface area contributed by atoms with Gasteiger partial charge in [-0.2, -0.15) is 0 Å². The fourth-order valence-corrected chi connectivity index (χ4v) is 3.15. The van der Waals surface area contributed by atoms with Crippen LogP contribution < -0.4 is 5.32 Å². The lowest BCUT2D eigenvalue weighted by molar-refractivity contribution is 0.179. The van der Waals surface area contributed by atoms with Crippen LogP contribution in [0, 0.1) is 12.8 Å². The van der Waals surface area contributed by atoms with Crippen molar-refractivity contribution in [1.29, 1.82) is 0 Å². The fraction of sp³-hybridized carbons (Fsp3) is 0.714. The first-order valence-electron chi connectivity index (χ1n) is 7.02. The first kappa shape index (κ1) is 14.8. The standard InChI is InChI=1S/C14H23N3OS/c1-3-5-15-13(12-4-6-18-9-12)10-19-14-16-7-11(2)8-17-14/h7-8,12-13,15H,3-6,9-10H2,1-2H3. The normalized spacial score (nSPS) is 20.6. The van der Waals surface area contributed by atoms with Crippen LogP contribution in [0.5, 0.6) is 0 Å². The van der Waals surface area contributed by atoms with Crippen molar-refractivity contribution >= 4 is 11.8 Å². The Labute approximate surface area is 119 Å². The second kappa shape index (κ2) is 7.82. The van der Waals surface area contributed by atoms with Crippen LogP contribution in [0.3, 0.4) is 0 Å². The quantitative estimate of drug-likeness (QED) is 0.614. The van der Waals surface area contributed by atoms with E-state index in [1.165, 1.54) is 0 Å². The van der Waals surface area contributed by atoms with Crippen LogP contribution in [-0.4, -0.2) is 41.5 Å². The molecule has 1 N–H and O–H groups in total.